The van der Waals surface area contributed by atoms with E-state index in [1.54, 1.807) is 11.3 Å². The van der Waals surface area contributed by atoms with Gasteiger partial charge in [-0.05, 0) is 22.9 Å². The number of aromatic nitrogens is 1. The third-order valence-electron chi connectivity index (χ3n) is 1.51. The van der Waals surface area contributed by atoms with Crippen LogP contribution in [0.1, 0.15) is 11.9 Å². The number of hydrogen-bond donors (Lipinski definition) is 0. The summed E-state index contributed by atoms with van der Waals surface area (Å²) in [6, 6.07) is 0. The van der Waals surface area contributed by atoms with Crippen molar-refractivity contribution in [3.05, 3.63) is 15.0 Å². The highest BCUT2D eigenvalue weighted by Crippen LogP contribution is 2.40. The lowest BCUT2D eigenvalue weighted by molar-refractivity contribution is 0.329. The number of halogens is 1. The van der Waals surface area contributed by atoms with E-state index in [4.69, 9.17) is 4.74 Å². The van der Waals surface area contributed by atoms with Crippen molar-refractivity contribution >= 4 is 27.3 Å². The molecule has 10 heavy (non-hydrogen) atoms. The first-order valence-electron chi connectivity index (χ1n) is 2.96. The van der Waals surface area contributed by atoms with Gasteiger partial charge < -0.3 is 4.74 Å². The Kier molecular flexibility index (Phi) is 1.37. The van der Waals surface area contributed by atoms with Gasteiger partial charge in [0.2, 0.25) is 0 Å². The fraction of sp³-hybridized carbons (Fsp3) is 0.500. The van der Waals surface area contributed by atoms with Gasteiger partial charge in [-0.1, -0.05) is 0 Å². The Morgan fingerprint density at radius 1 is 1.90 bits per heavy atom. The van der Waals surface area contributed by atoms with Crippen molar-refractivity contribution in [1.82, 2.24) is 4.98 Å². The molecule has 0 N–H and O–H groups in total. The van der Waals surface area contributed by atoms with Gasteiger partial charge >= 0.3 is 0 Å². The normalized spacial score (nSPS) is 30.6. The molecule has 4 heteroatoms. The molecule has 0 saturated carbocycles. The summed E-state index contributed by atoms with van der Waals surface area (Å²) in [7, 11) is 0. The monoisotopic (exact) mass is 219 g/mol. The van der Waals surface area contributed by atoms with Gasteiger partial charge in [0, 0.05) is 0 Å². The summed E-state index contributed by atoms with van der Waals surface area (Å²) < 4.78 is 6.29. The molecule has 2 nitrogen and oxygen atoms in total. The quantitative estimate of drug-likeness (QED) is 0.677. The Hall–Kier alpha value is 0.0700. The maximum Gasteiger partial charge on any atom is 0.140 e. The lowest BCUT2D eigenvalue weighted by Crippen LogP contribution is -1.99. The molecule has 1 aliphatic rings. The van der Waals surface area contributed by atoms with Crippen LogP contribution in [0.3, 0.4) is 0 Å². The predicted octanol–water partition coefficient (Wildman–Crippen LogP) is 2.15. The molecule has 1 atom stereocenters. The van der Waals surface area contributed by atoms with Gasteiger partial charge in [0.25, 0.3) is 0 Å². The number of nitrogens with zero attached hydrogens (tertiary/aromatic N) is 1. The zero-order valence-electron chi connectivity index (χ0n) is 5.43. The number of ether oxygens (including phenoxy) is 1. The van der Waals surface area contributed by atoms with Gasteiger partial charge in [-0.3, -0.25) is 0 Å². The maximum absolute atomic E-state index is 5.22. The average molecular weight is 220 g/mol. The number of rotatable bonds is 1. The van der Waals surface area contributed by atoms with Gasteiger partial charge in [0.1, 0.15) is 10.6 Å². The third-order valence-corrected chi connectivity index (χ3v) is 3.23. The zero-order valence-corrected chi connectivity index (χ0v) is 7.83. The standard InChI is InChI=1S/C6H6BrNOS/c1-6(3-9-6)5-8-2-4(7)10-5/h2H,3H2,1H3. The van der Waals surface area contributed by atoms with E-state index >= 15 is 0 Å². The van der Waals surface area contributed by atoms with Crippen LogP contribution >= 0.6 is 27.3 Å². The van der Waals surface area contributed by atoms with Crippen molar-refractivity contribution in [2.24, 2.45) is 0 Å². The van der Waals surface area contributed by atoms with Crippen molar-refractivity contribution in [3.8, 4) is 0 Å². The van der Waals surface area contributed by atoms with E-state index in [1.165, 1.54) is 0 Å². The van der Waals surface area contributed by atoms with Crippen LogP contribution in [-0.4, -0.2) is 11.6 Å². The Bertz CT molecular complexity index is 256. The number of hydrogen-bond acceptors (Lipinski definition) is 3. The van der Waals surface area contributed by atoms with Crippen LogP contribution in [-0.2, 0) is 10.3 Å². The SMILES string of the molecule is CC1(c2ncc(Br)s2)CO1. The zero-order chi connectivity index (χ0) is 7.19. The summed E-state index contributed by atoms with van der Waals surface area (Å²) in [4.78, 5) is 4.20. The minimum absolute atomic E-state index is 0.0588. The second kappa shape index (κ2) is 2.03. The second-order valence-electron chi connectivity index (χ2n) is 2.49. The molecule has 2 rings (SSSR count). The van der Waals surface area contributed by atoms with E-state index in [-0.39, 0.29) is 5.60 Å². The van der Waals surface area contributed by atoms with E-state index < -0.39 is 0 Å². The summed E-state index contributed by atoms with van der Waals surface area (Å²) in [6.45, 7) is 2.87. The molecule has 1 aliphatic heterocycles. The summed E-state index contributed by atoms with van der Waals surface area (Å²) in [5, 5.41) is 1.07. The molecule has 54 valence electrons. The van der Waals surface area contributed by atoms with Crippen LogP contribution in [0.5, 0.6) is 0 Å². The molecule has 0 bridgehead atoms. The molecular weight excluding hydrogens is 214 g/mol. The largest absolute Gasteiger partial charge is 0.362 e. The molecule has 0 aromatic carbocycles. The van der Waals surface area contributed by atoms with E-state index in [2.05, 4.69) is 27.8 Å². The fourth-order valence-corrected chi connectivity index (χ4v) is 2.02. The van der Waals surface area contributed by atoms with Gasteiger partial charge in [0.15, 0.2) is 0 Å². The highest BCUT2D eigenvalue weighted by atomic mass is 79.9. The molecule has 1 aromatic heterocycles. The predicted molar refractivity (Wildman–Crippen MR) is 43.1 cm³/mol. The minimum Gasteiger partial charge on any atom is -0.362 e. The van der Waals surface area contributed by atoms with Crippen LogP contribution < -0.4 is 0 Å². The lowest BCUT2D eigenvalue weighted by atomic mass is 10.2. The van der Waals surface area contributed by atoms with Crippen LogP contribution in [0.25, 0.3) is 0 Å². The van der Waals surface area contributed by atoms with Crippen molar-refractivity contribution in [1.29, 1.82) is 0 Å². The highest BCUT2D eigenvalue weighted by Gasteiger charge is 2.43. The van der Waals surface area contributed by atoms with Crippen LogP contribution in [0.15, 0.2) is 9.98 Å². The van der Waals surface area contributed by atoms with Gasteiger partial charge in [-0.2, -0.15) is 0 Å². The lowest BCUT2D eigenvalue weighted by Gasteiger charge is -1.95. The first-order valence-corrected chi connectivity index (χ1v) is 4.57. The molecule has 0 aliphatic carbocycles. The van der Waals surface area contributed by atoms with E-state index in [1.807, 2.05) is 6.20 Å². The topological polar surface area (TPSA) is 25.4 Å². The molecule has 0 spiro atoms. The molecule has 1 fully saturated rings. The Labute approximate surface area is 71.4 Å². The molecule has 1 aromatic rings. The van der Waals surface area contributed by atoms with Crippen molar-refractivity contribution < 1.29 is 4.74 Å². The molecule has 0 amide bonds. The summed E-state index contributed by atoms with van der Waals surface area (Å²) in [6.07, 6.45) is 1.81. The Morgan fingerprint density at radius 2 is 2.60 bits per heavy atom. The van der Waals surface area contributed by atoms with Crippen LogP contribution in [0.4, 0.5) is 0 Å². The van der Waals surface area contributed by atoms with E-state index in [0.29, 0.717) is 0 Å². The average Bonchev–Trinajstić information content (AvgIpc) is 2.45. The van der Waals surface area contributed by atoms with Gasteiger partial charge in [-0.25, -0.2) is 4.98 Å². The smallest absolute Gasteiger partial charge is 0.140 e. The fourth-order valence-electron chi connectivity index (χ4n) is 0.731. The number of epoxide rings is 1. The van der Waals surface area contributed by atoms with Crippen molar-refractivity contribution in [2.45, 2.75) is 12.5 Å². The summed E-state index contributed by atoms with van der Waals surface area (Å²) in [5.74, 6) is 0. The van der Waals surface area contributed by atoms with E-state index in [0.717, 1.165) is 15.4 Å². The molecule has 2 heterocycles. The van der Waals surface area contributed by atoms with Crippen molar-refractivity contribution in [3.63, 3.8) is 0 Å². The maximum atomic E-state index is 5.22. The highest BCUT2D eigenvalue weighted by molar-refractivity contribution is 9.11. The van der Waals surface area contributed by atoms with Crippen molar-refractivity contribution in [2.75, 3.05) is 6.61 Å². The Balaban J connectivity index is 2.34. The first kappa shape index (κ1) is 6.76. The van der Waals surface area contributed by atoms with Crippen LogP contribution in [0.2, 0.25) is 0 Å². The first-order chi connectivity index (χ1) is 4.71. The third kappa shape index (κ3) is 1.00. The van der Waals surface area contributed by atoms with Gasteiger partial charge in [-0.15, -0.1) is 11.3 Å². The van der Waals surface area contributed by atoms with Gasteiger partial charge in [0.05, 0.1) is 16.6 Å². The summed E-state index contributed by atoms with van der Waals surface area (Å²) >= 11 is 4.99. The molecule has 0 radical (unpaired) electrons. The number of thiazole rings is 1. The summed E-state index contributed by atoms with van der Waals surface area (Å²) in [5.41, 5.74) is -0.0588. The Morgan fingerprint density at radius 3 is 3.00 bits per heavy atom. The molecule has 1 unspecified atom stereocenters. The second-order valence-corrected chi connectivity index (χ2v) is 4.90. The van der Waals surface area contributed by atoms with Crippen LogP contribution in [0, 0.1) is 0 Å². The minimum atomic E-state index is -0.0588. The molecular formula is C6H6BrNOS. The molecule has 1 saturated heterocycles. The van der Waals surface area contributed by atoms with E-state index in [9.17, 15) is 0 Å².